The summed E-state index contributed by atoms with van der Waals surface area (Å²) < 4.78 is 0. The SMILES string of the molecule is c1ccc(-c2ccc(N(c3ccc(-c4ccccc4)cc3)c3ccc(N4C5c6ccccc6SC5C5Sc6ccccc6C54)cc3)cc2)cc1. The van der Waals surface area contributed by atoms with E-state index < -0.39 is 0 Å². The predicted molar refractivity (Wildman–Crippen MR) is 212 cm³/mol. The van der Waals surface area contributed by atoms with E-state index in [1.54, 1.807) is 0 Å². The highest BCUT2D eigenvalue weighted by Gasteiger charge is 2.57. The van der Waals surface area contributed by atoms with Crippen LogP contribution in [0.3, 0.4) is 0 Å². The fourth-order valence-corrected chi connectivity index (χ4v) is 11.4. The molecule has 2 nitrogen and oxygen atoms in total. The Morgan fingerprint density at radius 3 is 1.16 bits per heavy atom. The largest absolute Gasteiger partial charge is 0.355 e. The van der Waals surface area contributed by atoms with Gasteiger partial charge in [0.15, 0.2) is 0 Å². The Kier molecular flexibility index (Phi) is 7.32. The van der Waals surface area contributed by atoms with Gasteiger partial charge in [-0.1, -0.05) is 121 Å². The summed E-state index contributed by atoms with van der Waals surface area (Å²) in [5.74, 6) is 0. The van der Waals surface area contributed by atoms with E-state index in [1.165, 1.54) is 48.9 Å². The van der Waals surface area contributed by atoms with Crippen LogP contribution in [0.15, 0.2) is 192 Å². The van der Waals surface area contributed by atoms with Crippen molar-refractivity contribution in [1.82, 2.24) is 0 Å². The number of fused-ring (bicyclic) bond motifs is 7. The average Bonchev–Trinajstić information content (AvgIpc) is 3.85. The molecule has 10 rings (SSSR count). The Morgan fingerprint density at radius 1 is 0.360 bits per heavy atom. The summed E-state index contributed by atoms with van der Waals surface area (Å²) in [6.07, 6.45) is 0. The van der Waals surface area contributed by atoms with Crippen LogP contribution in [0.1, 0.15) is 23.2 Å². The van der Waals surface area contributed by atoms with Crippen LogP contribution in [-0.4, -0.2) is 10.5 Å². The van der Waals surface area contributed by atoms with Crippen molar-refractivity contribution in [2.75, 3.05) is 9.80 Å². The molecule has 0 amide bonds. The average molecular weight is 679 g/mol. The lowest BCUT2D eigenvalue weighted by Gasteiger charge is -2.33. The fraction of sp³-hybridized carbons (Fsp3) is 0.0870. The van der Waals surface area contributed by atoms with E-state index in [1.807, 2.05) is 0 Å². The molecule has 1 fully saturated rings. The summed E-state index contributed by atoms with van der Waals surface area (Å²) in [6, 6.07) is 67.3. The van der Waals surface area contributed by atoms with Gasteiger partial charge in [-0.25, -0.2) is 0 Å². The molecule has 0 spiro atoms. The van der Waals surface area contributed by atoms with Gasteiger partial charge in [0.25, 0.3) is 0 Å². The molecule has 1 saturated heterocycles. The van der Waals surface area contributed by atoms with Gasteiger partial charge in [-0.3, -0.25) is 0 Å². The maximum atomic E-state index is 2.74. The molecule has 4 unspecified atom stereocenters. The third-order valence-corrected chi connectivity index (χ3v) is 13.5. The van der Waals surface area contributed by atoms with Crippen molar-refractivity contribution in [3.63, 3.8) is 0 Å². The van der Waals surface area contributed by atoms with Crippen molar-refractivity contribution in [2.45, 2.75) is 32.4 Å². The number of rotatable bonds is 6. The Bertz CT molecular complexity index is 2140. The fourth-order valence-electron chi connectivity index (χ4n) is 8.13. The highest BCUT2D eigenvalue weighted by Crippen LogP contribution is 2.65. The molecule has 0 radical (unpaired) electrons. The van der Waals surface area contributed by atoms with Gasteiger partial charge < -0.3 is 9.80 Å². The normalized spacial score (nSPS) is 19.8. The lowest BCUT2D eigenvalue weighted by molar-refractivity contribution is 0.675. The summed E-state index contributed by atoms with van der Waals surface area (Å²) in [4.78, 5) is 7.99. The van der Waals surface area contributed by atoms with E-state index in [-0.39, 0.29) is 0 Å². The molecule has 0 aromatic heterocycles. The first kappa shape index (κ1) is 29.7. The Balaban J connectivity index is 1.05. The van der Waals surface area contributed by atoms with Crippen molar-refractivity contribution in [2.24, 2.45) is 0 Å². The molecule has 3 aliphatic rings. The minimum Gasteiger partial charge on any atom is -0.355 e. The van der Waals surface area contributed by atoms with Crippen LogP contribution in [-0.2, 0) is 0 Å². The number of hydrogen-bond acceptors (Lipinski definition) is 4. The number of thioether (sulfide) groups is 2. The van der Waals surface area contributed by atoms with Gasteiger partial charge in [0.2, 0.25) is 0 Å². The second kappa shape index (κ2) is 12.3. The molecular weight excluding hydrogens is 645 g/mol. The van der Waals surface area contributed by atoms with Crippen LogP contribution >= 0.6 is 23.5 Å². The van der Waals surface area contributed by atoms with Gasteiger partial charge in [-0.05, 0) is 94.0 Å². The maximum absolute atomic E-state index is 2.74. The first-order valence-electron chi connectivity index (χ1n) is 17.3. The second-order valence-electron chi connectivity index (χ2n) is 13.2. The van der Waals surface area contributed by atoms with Crippen LogP contribution in [0, 0.1) is 0 Å². The lowest BCUT2D eigenvalue weighted by atomic mass is 10.0. The van der Waals surface area contributed by atoms with Crippen molar-refractivity contribution in [1.29, 1.82) is 0 Å². The number of hydrogen-bond donors (Lipinski definition) is 0. The van der Waals surface area contributed by atoms with Crippen LogP contribution in [0.2, 0.25) is 0 Å². The topological polar surface area (TPSA) is 6.48 Å². The molecule has 0 saturated carbocycles. The summed E-state index contributed by atoms with van der Waals surface area (Å²) in [5, 5.41) is 1.02. The minimum atomic E-state index is 0.352. The van der Waals surface area contributed by atoms with Crippen molar-refractivity contribution in [3.8, 4) is 22.3 Å². The van der Waals surface area contributed by atoms with E-state index in [4.69, 9.17) is 0 Å². The highest BCUT2D eigenvalue weighted by molar-refractivity contribution is 8.04. The minimum absolute atomic E-state index is 0.352. The van der Waals surface area contributed by atoms with Gasteiger partial charge in [-0.15, -0.1) is 23.5 Å². The summed E-state index contributed by atoms with van der Waals surface area (Å²) in [7, 11) is 0. The molecule has 3 heterocycles. The summed E-state index contributed by atoms with van der Waals surface area (Å²) in [5.41, 5.74) is 12.5. The monoisotopic (exact) mass is 678 g/mol. The van der Waals surface area contributed by atoms with Crippen LogP contribution in [0.25, 0.3) is 22.3 Å². The Morgan fingerprint density at radius 2 is 0.720 bits per heavy atom. The molecule has 4 atom stereocenters. The van der Waals surface area contributed by atoms with Crippen molar-refractivity contribution < 1.29 is 0 Å². The van der Waals surface area contributed by atoms with E-state index >= 15 is 0 Å². The molecule has 7 aromatic rings. The summed E-state index contributed by atoms with van der Waals surface area (Å²) in [6.45, 7) is 0. The van der Waals surface area contributed by atoms with E-state index in [0.717, 1.165) is 17.1 Å². The third kappa shape index (κ3) is 4.97. The predicted octanol–water partition coefficient (Wildman–Crippen LogP) is 12.7. The molecule has 0 aliphatic carbocycles. The molecule has 50 heavy (non-hydrogen) atoms. The van der Waals surface area contributed by atoms with Crippen LogP contribution < -0.4 is 9.80 Å². The van der Waals surface area contributed by atoms with Crippen LogP contribution in [0.5, 0.6) is 0 Å². The molecule has 0 bridgehead atoms. The molecule has 7 aromatic carbocycles. The smallest absolute Gasteiger partial charge is 0.0694 e. The van der Waals surface area contributed by atoms with Crippen molar-refractivity contribution >= 4 is 46.3 Å². The van der Waals surface area contributed by atoms with E-state index in [0.29, 0.717) is 22.6 Å². The zero-order valence-electron chi connectivity index (χ0n) is 27.3. The number of nitrogens with zero attached hydrogens (tertiary/aromatic N) is 2. The van der Waals surface area contributed by atoms with E-state index in [2.05, 4.69) is 215 Å². The molecule has 4 heteroatoms. The second-order valence-corrected chi connectivity index (χ2v) is 15.7. The lowest BCUT2D eigenvalue weighted by Crippen LogP contribution is -2.27. The molecule has 3 aliphatic heterocycles. The van der Waals surface area contributed by atoms with Gasteiger partial charge in [-0.2, -0.15) is 0 Å². The van der Waals surface area contributed by atoms with Crippen LogP contribution in [0.4, 0.5) is 22.7 Å². The number of benzene rings is 7. The third-order valence-electron chi connectivity index (χ3n) is 10.4. The maximum Gasteiger partial charge on any atom is 0.0694 e. The van der Waals surface area contributed by atoms with Gasteiger partial charge >= 0.3 is 0 Å². The first-order valence-corrected chi connectivity index (χ1v) is 19.1. The molecule has 0 N–H and O–H groups in total. The van der Waals surface area contributed by atoms with Crippen molar-refractivity contribution in [3.05, 3.63) is 193 Å². The first-order chi connectivity index (χ1) is 24.8. The Hall–Kier alpha value is -5.16. The quantitative estimate of drug-likeness (QED) is 0.173. The van der Waals surface area contributed by atoms with Gasteiger partial charge in [0, 0.05) is 43.0 Å². The van der Waals surface area contributed by atoms with Gasteiger partial charge in [0.1, 0.15) is 0 Å². The summed E-state index contributed by atoms with van der Waals surface area (Å²) >= 11 is 4.17. The zero-order chi connectivity index (χ0) is 33.0. The molecule has 240 valence electrons. The van der Waals surface area contributed by atoms with Gasteiger partial charge in [0.05, 0.1) is 12.1 Å². The standard InChI is InChI=1S/C46H34N2S2/c1-3-11-31(12-4-1)33-19-23-35(24-20-33)47(36-25-21-34(22-26-36)32-13-5-2-6-14-32)37-27-29-38(30-28-37)48-43-39-15-7-9-17-41(39)49-45(43)46-44(48)40-16-8-10-18-42(40)50-46/h1-30,43-46H. The zero-order valence-corrected chi connectivity index (χ0v) is 29.0. The highest BCUT2D eigenvalue weighted by atomic mass is 32.2. The number of anilines is 4. The van der Waals surface area contributed by atoms with E-state index in [9.17, 15) is 0 Å². The Labute approximate surface area is 302 Å². The molecular formula is C46H34N2S2.